The summed E-state index contributed by atoms with van der Waals surface area (Å²) in [6.45, 7) is 2.26. The lowest BCUT2D eigenvalue weighted by atomic mass is 10.0. The summed E-state index contributed by atoms with van der Waals surface area (Å²) in [7, 11) is 3.67. The summed E-state index contributed by atoms with van der Waals surface area (Å²) in [6.07, 6.45) is 5.04. The molecule has 1 atom stereocenters. The standard InChI is InChI=1S/C17H22FN5O/c1-19-17(20-8-12-3-4-16(24)15(18)7-12)23-6-5-13(11-23)14-9-21-22(2)10-14/h3-4,7,9-10,13,24H,5-6,8,11H2,1-2H3,(H,19,20). The third kappa shape index (κ3) is 3.50. The van der Waals surface area contributed by atoms with Crippen molar-refractivity contribution in [2.24, 2.45) is 12.0 Å². The average Bonchev–Trinajstić information content (AvgIpc) is 3.20. The molecule has 24 heavy (non-hydrogen) atoms. The fourth-order valence-electron chi connectivity index (χ4n) is 3.05. The van der Waals surface area contributed by atoms with Crippen LogP contribution in [0.25, 0.3) is 0 Å². The normalized spacial score (nSPS) is 18.2. The zero-order valence-electron chi connectivity index (χ0n) is 13.9. The molecular weight excluding hydrogens is 309 g/mol. The van der Waals surface area contributed by atoms with Crippen LogP contribution in [-0.2, 0) is 13.6 Å². The zero-order valence-corrected chi connectivity index (χ0v) is 13.9. The quantitative estimate of drug-likeness (QED) is 0.665. The van der Waals surface area contributed by atoms with Gasteiger partial charge in [0.1, 0.15) is 0 Å². The molecule has 1 aromatic heterocycles. The van der Waals surface area contributed by atoms with Crippen LogP contribution in [0.2, 0.25) is 0 Å². The van der Waals surface area contributed by atoms with Gasteiger partial charge >= 0.3 is 0 Å². The number of aromatic nitrogens is 2. The Morgan fingerprint density at radius 3 is 3.00 bits per heavy atom. The van der Waals surface area contributed by atoms with Crippen LogP contribution in [0.1, 0.15) is 23.5 Å². The molecule has 3 rings (SSSR count). The lowest BCUT2D eigenvalue weighted by Crippen LogP contribution is -2.39. The van der Waals surface area contributed by atoms with Crippen LogP contribution in [0.4, 0.5) is 4.39 Å². The van der Waals surface area contributed by atoms with Gasteiger partial charge in [-0.1, -0.05) is 6.07 Å². The highest BCUT2D eigenvalue weighted by atomic mass is 19.1. The number of rotatable bonds is 3. The molecule has 2 aromatic rings. The lowest BCUT2D eigenvalue weighted by Gasteiger charge is -2.21. The second-order valence-electron chi connectivity index (χ2n) is 6.07. The first-order chi connectivity index (χ1) is 11.6. The van der Waals surface area contributed by atoms with Gasteiger partial charge in [-0.15, -0.1) is 0 Å². The van der Waals surface area contributed by atoms with Gasteiger partial charge in [-0.25, -0.2) is 4.39 Å². The lowest BCUT2D eigenvalue weighted by molar-refractivity contribution is 0.431. The maximum Gasteiger partial charge on any atom is 0.193 e. The van der Waals surface area contributed by atoms with Crippen LogP contribution in [-0.4, -0.2) is 45.9 Å². The van der Waals surface area contributed by atoms with Gasteiger partial charge in [-0.05, 0) is 29.7 Å². The molecule has 0 radical (unpaired) electrons. The van der Waals surface area contributed by atoms with Crippen molar-refractivity contribution < 1.29 is 9.50 Å². The van der Waals surface area contributed by atoms with Crippen molar-refractivity contribution in [3.05, 3.63) is 47.5 Å². The van der Waals surface area contributed by atoms with Crippen LogP contribution >= 0.6 is 0 Å². The number of nitrogens with one attached hydrogen (secondary N) is 1. The molecule has 7 heteroatoms. The highest BCUT2D eigenvalue weighted by molar-refractivity contribution is 5.80. The van der Waals surface area contributed by atoms with Gasteiger partial charge in [0, 0.05) is 45.8 Å². The molecule has 128 valence electrons. The van der Waals surface area contributed by atoms with Gasteiger partial charge in [0.05, 0.1) is 6.20 Å². The number of aryl methyl sites for hydroxylation is 1. The van der Waals surface area contributed by atoms with E-state index in [4.69, 9.17) is 0 Å². The van der Waals surface area contributed by atoms with Gasteiger partial charge in [0.2, 0.25) is 0 Å². The SMILES string of the molecule is CN=C(NCc1ccc(O)c(F)c1)N1CCC(c2cnn(C)c2)C1. The van der Waals surface area contributed by atoms with Gasteiger partial charge in [-0.3, -0.25) is 9.67 Å². The Morgan fingerprint density at radius 2 is 2.33 bits per heavy atom. The molecule has 1 aliphatic rings. The minimum Gasteiger partial charge on any atom is -0.505 e. The summed E-state index contributed by atoms with van der Waals surface area (Å²) in [6, 6.07) is 4.39. The van der Waals surface area contributed by atoms with Crippen LogP contribution in [0.3, 0.4) is 0 Å². The number of hydrogen-bond donors (Lipinski definition) is 2. The number of likely N-dealkylation sites (tertiary alicyclic amines) is 1. The Kier molecular flexibility index (Phi) is 4.69. The summed E-state index contributed by atoms with van der Waals surface area (Å²) < 4.78 is 15.2. The first-order valence-corrected chi connectivity index (χ1v) is 7.98. The number of phenolic OH excluding ortho intramolecular Hbond substituents is 1. The number of guanidine groups is 1. The molecule has 1 aromatic carbocycles. The van der Waals surface area contributed by atoms with E-state index >= 15 is 0 Å². The first kappa shape index (κ1) is 16.3. The molecule has 1 aliphatic heterocycles. The molecule has 1 saturated heterocycles. The maximum absolute atomic E-state index is 13.4. The van der Waals surface area contributed by atoms with Crippen LogP contribution in [0.15, 0.2) is 35.6 Å². The summed E-state index contributed by atoms with van der Waals surface area (Å²) in [4.78, 5) is 6.53. The Bertz CT molecular complexity index is 742. The molecule has 6 nitrogen and oxygen atoms in total. The Balaban J connectivity index is 1.59. The third-order valence-electron chi connectivity index (χ3n) is 4.36. The van der Waals surface area contributed by atoms with E-state index in [1.54, 1.807) is 13.1 Å². The number of hydrogen-bond acceptors (Lipinski definition) is 3. The largest absolute Gasteiger partial charge is 0.505 e. The van der Waals surface area contributed by atoms with Crippen molar-refractivity contribution >= 4 is 5.96 Å². The van der Waals surface area contributed by atoms with Crippen molar-refractivity contribution in [1.29, 1.82) is 0 Å². The number of nitrogens with zero attached hydrogens (tertiary/aromatic N) is 4. The van der Waals surface area contributed by atoms with Gasteiger partial charge < -0.3 is 15.3 Å². The van der Waals surface area contributed by atoms with E-state index in [1.165, 1.54) is 17.7 Å². The number of aliphatic imine (C=N–C) groups is 1. The van der Waals surface area contributed by atoms with Gasteiger partial charge in [0.15, 0.2) is 17.5 Å². The Hall–Kier alpha value is -2.57. The van der Waals surface area contributed by atoms with Crippen molar-refractivity contribution in [2.75, 3.05) is 20.1 Å². The van der Waals surface area contributed by atoms with Crippen molar-refractivity contribution in [3.63, 3.8) is 0 Å². The smallest absolute Gasteiger partial charge is 0.193 e. The molecule has 1 unspecified atom stereocenters. The first-order valence-electron chi connectivity index (χ1n) is 7.98. The van der Waals surface area contributed by atoms with Crippen molar-refractivity contribution in [1.82, 2.24) is 20.0 Å². The van der Waals surface area contributed by atoms with Crippen molar-refractivity contribution in [2.45, 2.75) is 18.9 Å². The summed E-state index contributed by atoms with van der Waals surface area (Å²) in [5.41, 5.74) is 2.01. The monoisotopic (exact) mass is 331 g/mol. The number of halogens is 1. The molecule has 0 bridgehead atoms. The number of aromatic hydroxyl groups is 1. The average molecular weight is 331 g/mol. The summed E-state index contributed by atoms with van der Waals surface area (Å²) in [5, 5.41) is 16.7. The third-order valence-corrected chi connectivity index (χ3v) is 4.36. The highest BCUT2D eigenvalue weighted by Gasteiger charge is 2.26. The van der Waals surface area contributed by atoms with E-state index in [2.05, 4.69) is 26.5 Å². The topological polar surface area (TPSA) is 65.7 Å². The van der Waals surface area contributed by atoms with Gasteiger partial charge in [-0.2, -0.15) is 5.10 Å². The second kappa shape index (κ2) is 6.90. The minimum absolute atomic E-state index is 0.331. The fourth-order valence-corrected chi connectivity index (χ4v) is 3.05. The molecule has 0 amide bonds. The molecule has 0 spiro atoms. The predicted molar refractivity (Wildman–Crippen MR) is 90.4 cm³/mol. The van der Waals surface area contributed by atoms with E-state index in [9.17, 15) is 9.50 Å². The molecule has 0 saturated carbocycles. The van der Waals surface area contributed by atoms with E-state index in [-0.39, 0.29) is 5.75 Å². The second-order valence-corrected chi connectivity index (χ2v) is 6.07. The minimum atomic E-state index is -0.609. The number of benzene rings is 1. The summed E-state index contributed by atoms with van der Waals surface area (Å²) >= 11 is 0. The molecule has 1 fully saturated rings. The van der Waals surface area contributed by atoms with E-state index in [1.807, 2.05) is 17.9 Å². The maximum atomic E-state index is 13.4. The predicted octanol–water partition coefficient (Wildman–Crippen LogP) is 1.83. The molecular formula is C17H22FN5O. The van der Waals surface area contributed by atoms with Crippen molar-refractivity contribution in [3.8, 4) is 5.75 Å². The Morgan fingerprint density at radius 1 is 1.50 bits per heavy atom. The highest BCUT2D eigenvalue weighted by Crippen LogP contribution is 2.26. The Labute approximate surface area is 140 Å². The van der Waals surface area contributed by atoms with E-state index < -0.39 is 5.82 Å². The van der Waals surface area contributed by atoms with E-state index in [0.29, 0.717) is 12.5 Å². The van der Waals surface area contributed by atoms with Gasteiger partial charge in [0.25, 0.3) is 0 Å². The zero-order chi connectivity index (χ0) is 17.1. The fraction of sp³-hybridized carbons (Fsp3) is 0.412. The van der Waals surface area contributed by atoms with Crippen LogP contribution in [0.5, 0.6) is 5.75 Å². The van der Waals surface area contributed by atoms with E-state index in [0.717, 1.165) is 31.0 Å². The summed E-state index contributed by atoms with van der Waals surface area (Å²) in [5.74, 6) is 0.308. The molecule has 2 heterocycles. The molecule has 0 aliphatic carbocycles. The van der Waals surface area contributed by atoms with Crippen LogP contribution < -0.4 is 5.32 Å². The van der Waals surface area contributed by atoms with Crippen LogP contribution in [0, 0.1) is 5.82 Å². The molecule has 2 N–H and O–H groups in total. The number of phenols is 1.